The highest BCUT2D eigenvalue weighted by atomic mass is 35.5. The van der Waals surface area contributed by atoms with Gasteiger partial charge in [-0.3, -0.25) is 9.59 Å². The Labute approximate surface area is 151 Å². The van der Waals surface area contributed by atoms with Gasteiger partial charge in [0.1, 0.15) is 0 Å². The van der Waals surface area contributed by atoms with Gasteiger partial charge in [-0.05, 0) is 37.1 Å². The molecule has 0 saturated carbocycles. The molecule has 3 fully saturated rings. The molecule has 3 aliphatic rings. The normalized spacial score (nSPS) is 31.4. The van der Waals surface area contributed by atoms with Crippen molar-refractivity contribution in [2.45, 2.75) is 25.0 Å². The van der Waals surface area contributed by atoms with E-state index >= 15 is 0 Å². The maximum absolute atomic E-state index is 12.9. The Morgan fingerprint density at radius 2 is 1.60 bits per heavy atom. The minimum absolute atomic E-state index is 0.0599. The first-order valence-corrected chi connectivity index (χ1v) is 9.10. The van der Waals surface area contributed by atoms with Gasteiger partial charge < -0.3 is 19.6 Å². The first-order valence-electron chi connectivity index (χ1n) is 8.72. The molecule has 4 rings (SSSR count). The van der Waals surface area contributed by atoms with E-state index in [1.54, 1.807) is 4.90 Å². The van der Waals surface area contributed by atoms with Gasteiger partial charge >= 0.3 is 5.97 Å². The van der Waals surface area contributed by atoms with Crippen molar-refractivity contribution in [3.63, 3.8) is 0 Å². The molecule has 1 N–H and O–H groups in total. The Kier molecular flexibility index (Phi) is 4.33. The molecule has 1 aromatic carbocycles. The number of hydrogen-bond donors (Lipinski definition) is 1. The van der Waals surface area contributed by atoms with E-state index in [1.165, 1.54) is 0 Å². The smallest absolute Gasteiger partial charge is 0.310 e. The fourth-order valence-electron chi connectivity index (χ4n) is 4.35. The van der Waals surface area contributed by atoms with Crippen LogP contribution in [0.2, 0.25) is 5.02 Å². The Morgan fingerprint density at radius 1 is 1.00 bits per heavy atom. The third kappa shape index (κ3) is 2.98. The van der Waals surface area contributed by atoms with E-state index in [-0.39, 0.29) is 18.1 Å². The lowest BCUT2D eigenvalue weighted by atomic mass is 9.78. The van der Waals surface area contributed by atoms with E-state index in [0.29, 0.717) is 18.1 Å². The van der Waals surface area contributed by atoms with E-state index in [4.69, 9.17) is 16.3 Å². The van der Waals surface area contributed by atoms with Gasteiger partial charge in [-0.2, -0.15) is 0 Å². The molecule has 134 valence electrons. The van der Waals surface area contributed by atoms with Crippen molar-refractivity contribution < 1.29 is 19.4 Å². The van der Waals surface area contributed by atoms with Crippen molar-refractivity contribution in [2.24, 2.45) is 11.8 Å². The van der Waals surface area contributed by atoms with E-state index in [1.807, 2.05) is 24.3 Å². The summed E-state index contributed by atoms with van der Waals surface area (Å²) >= 11 is 5.93. The summed E-state index contributed by atoms with van der Waals surface area (Å²) < 4.78 is 5.72. The van der Waals surface area contributed by atoms with Crippen LogP contribution in [0.5, 0.6) is 0 Å². The fourth-order valence-corrected chi connectivity index (χ4v) is 4.48. The summed E-state index contributed by atoms with van der Waals surface area (Å²) in [5, 5.41) is 10.2. The number of aliphatic carboxylic acids is 1. The fraction of sp³-hybridized carbons (Fsp3) is 0.556. The van der Waals surface area contributed by atoms with Gasteiger partial charge in [-0.15, -0.1) is 0 Å². The number of amides is 1. The second-order valence-electron chi connectivity index (χ2n) is 6.97. The van der Waals surface area contributed by atoms with Gasteiger partial charge in [0.05, 0.1) is 24.0 Å². The first-order chi connectivity index (χ1) is 12.0. The van der Waals surface area contributed by atoms with E-state index in [0.717, 1.165) is 31.6 Å². The average molecular weight is 365 g/mol. The van der Waals surface area contributed by atoms with Crippen LogP contribution in [0.15, 0.2) is 24.3 Å². The molecule has 7 heteroatoms. The van der Waals surface area contributed by atoms with Crippen molar-refractivity contribution in [2.75, 3.05) is 31.1 Å². The molecule has 25 heavy (non-hydrogen) atoms. The highest BCUT2D eigenvalue weighted by Crippen LogP contribution is 2.44. The topological polar surface area (TPSA) is 70.1 Å². The molecule has 0 aromatic heterocycles. The molecule has 3 heterocycles. The monoisotopic (exact) mass is 364 g/mol. The molecule has 3 saturated heterocycles. The molecule has 0 radical (unpaired) electrons. The Balaban J connectivity index is 1.41. The molecule has 2 bridgehead atoms. The maximum Gasteiger partial charge on any atom is 0.310 e. The number of piperazine rings is 1. The zero-order chi connectivity index (χ0) is 17.6. The van der Waals surface area contributed by atoms with Gasteiger partial charge in [0.15, 0.2) is 0 Å². The number of carbonyl (C=O) groups is 2. The van der Waals surface area contributed by atoms with E-state index in [2.05, 4.69) is 4.90 Å². The predicted molar refractivity (Wildman–Crippen MR) is 92.8 cm³/mol. The average Bonchev–Trinajstić information content (AvgIpc) is 3.23. The summed E-state index contributed by atoms with van der Waals surface area (Å²) in [5.74, 6) is -2.19. The van der Waals surface area contributed by atoms with Gasteiger partial charge in [-0.1, -0.05) is 11.6 Å². The summed E-state index contributed by atoms with van der Waals surface area (Å²) in [6.07, 6.45) is 1.01. The number of carbonyl (C=O) groups excluding carboxylic acids is 1. The van der Waals surface area contributed by atoms with Crippen LogP contribution in [0.4, 0.5) is 5.69 Å². The lowest BCUT2D eigenvalue weighted by Gasteiger charge is -2.38. The summed E-state index contributed by atoms with van der Waals surface area (Å²) in [6.45, 7) is 2.66. The number of carboxylic acids is 1. The lowest BCUT2D eigenvalue weighted by molar-refractivity contribution is -0.151. The Bertz CT molecular complexity index is 672. The molecular formula is C18H21ClN2O4. The molecule has 1 amide bonds. The van der Waals surface area contributed by atoms with Crippen LogP contribution < -0.4 is 4.90 Å². The molecule has 0 spiro atoms. The number of ether oxygens (including phenoxy) is 1. The largest absolute Gasteiger partial charge is 0.481 e. The molecule has 0 aliphatic carbocycles. The number of nitrogens with zero attached hydrogens (tertiary/aromatic N) is 2. The van der Waals surface area contributed by atoms with Crippen LogP contribution in [0.1, 0.15) is 12.8 Å². The number of halogens is 1. The number of benzene rings is 1. The van der Waals surface area contributed by atoms with E-state index in [9.17, 15) is 14.7 Å². The molecule has 3 aliphatic heterocycles. The molecule has 6 nitrogen and oxygen atoms in total. The third-order valence-electron chi connectivity index (χ3n) is 5.63. The van der Waals surface area contributed by atoms with Crippen LogP contribution in [-0.2, 0) is 14.3 Å². The number of carboxylic acid groups (broad SMARTS) is 1. The minimum Gasteiger partial charge on any atom is -0.481 e. The summed E-state index contributed by atoms with van der Waals surface area (Å²) in [4.78, 5) is 28.5. The quantitative estimate of drug-likeness (QED) is 0.886. The van der Waals surface area contributed by atoms with Gasteiger partial charge in [-0.25, -0.2) is 0 Å². The van der Waals surface area contributed by atoms with Crippen LogP contribution in [0.3, 0.4) is 0 Å². The Hall–Kier alpha value is -1.79. The number of hydrogen-bond acceptors (Lipinski definition) is 4. The Morgan fingerprint density at radius 3 is 2.20 bits per heavy atom. The maximum atomic E-state index is 12.9. The SMILES string of the molecule is O=C(O)[C@@H]1[C@H](C(=O)N2CCN(c3ccc(Cl)cc3)CC2)[C@H]2CC[C@@H]1O2. The van der Waals surface area contributed by atoms with Crippen LogP contribution in [0.25, 0.3) is 0 Å². The standard InChI is InChI=1S/C18H21ClN2O4/c19-11-1-3-12(4-2-11)20-7-9-21(10-8-20)17(22)15-13-5-6-14(25-13)16(15)18(23)24/h1-4,13-16H,5-10H2,(H,23,24)/t13-,14+,15-,16+/m1/s1. The number of fused-ring (bicyclic) bond motifs is 2. The predicted octanol–water partition coefficient (Wildman–Crippen LogP) is 1.87. The number of rotatable bonds is 3. The molecular weight excluding hydrogens is 344 g/mol. The van der Waals surface area contributed by atoms with Crippen LogP contribution in [-0.4, -0.2) is 60.3 Å². The van der Waals surface area contributed by atoms with Crippen molar-refractivity contribution in [1.82, 2.24) is 4.90 Å². The second-order valence-corrected chi connectivity index (χ2v) is 7.41. The van der Waals surface area contributed by atoms with Crippen molar-refractivity contribution in [1.29, 1.82) is 0 Å². The van der Waals surface area contributed by atoms with Crippen LogP contribution >= 0.6 is 11.6 Å². The minimum atomic E-state index is -0.912. The van der Waals surface area contributed by atoms with Crippen LogP contribution in [0, 0.1) is 11.8 Å². The van der Waals surface area contributed by atoms with Crippen molar-refractivity contribution in [3.05, 3.63) is 29.3 Å². The highest BCUT2D eigenvalue weighted by molar-refractivity contribution is 6.30. The van der Waals surface area contributed by atoms with Crippen molar-refractivity contribution in [3.8, 4) is 0 Å². The number of anilines is 1. The van der Waals surface area contributed by atoms with Gasteiger partial charge in [0, 0.05) is 36.9 Å². The third-order valence-corrected chi connectivity index (χ3v) is 5.88. The summed E-state index contributed by atoms with van der Waals surface area (Å²) in [5.41, 5.74) is 1.09. The second kappa shape index (κ2) is 6.50. The van der Waals surface area contributed by atoms with Crippen molar-refractivity contribution >= 4 is 29.2 Å². The summed E-state index contributed by atoms with van der Waals surface area (Å²) in [6, 6.07) is 7.67. The van der Waals surface area contributed by atoms with E-state index < -0.39 is 17.8 Å². The lowest BCUT2D eigenvalue weighted by Crippen LogP contribution is -2.53. The molecule has 0 unspecified atom stereocenters. The molecule has 4 atom stereocenters. The zero-order valence-electron chi connectivity index (χ0n) is 13.8. The zero-order valence-corrected chi connectivity index (χ0v) is 14.6. The first kappa shape index (κ1) is 16.7. The van der Waals surface area contributed by atoms with Gasteiger partial charge in [0.2, 0.25) is 5.91 Å². The highest BCUT2D eigenvalue weighted by Gasteiger charge is 2.56. The molecule has 1 aromatic rings. The summed E-state index contributed by atoms with van der Waals surface area (Å²) in [7, 11) is 0. The van der Waals surface area contributed by atoms with Gasteiger partial charge in [0.25, 0.3) is 0 Å².